The molecule has 3 rings (SSSR count). The summed E-state index contributed by atoms with van der Waals surface area (Å²) in [5.74, 6) is -1.93. The zero-order chi connectivity index (χ0) is 24.0. The number of imide groups is 1. The quantitative estimate of drug-likeness (QED) is 0.354. The Morgan fingerprint density at radius 3 is 2.15 bits per heavy atom. The number of nitrogens with one attached hydrogen (secondary N) is 2. The molecule has 9 nitrogen and oxygen atoms in total. The van der Waals surface area contributed by atoms with Gasteiger partial charge in [-0.05, 0) is 31.0 Å². The Kier molecular flexibility index (Phi) is 7.92. The van der Waals surface area contributed by atoms with E-state index in [1.165, 1.54) is 14.0 Å². The van der Waals surface area contributed by atoms with Gasteiger partial charge in [0.2, 0.25) is 5.91 Å². The van der Waals surface area contributed by atoms with Gasteiger partial charge in [-0.1, -0.05) is 42.5 Å². The smallest absolute Gasteiger partial charge is 0.328 e. The van der Waals surface area contributed by atoms with E-state index in [2.05, 4.69) is 15.4 Å². The SMILES string of the molecule is COC(=O)[C@H](C)NC(=O)[C@H](Cc1ccccc1)NCC(O)CN1C(=O)c2ccccc2C1=O. The van der Waals surface area contributed by atoms with Crippen molar-refractivity contribution in [2.24, 2.45) is 0 Å². The number of aliphatic hydroxyl groups is 1. The molecular formula is C24H27N3O6. The van der Waals surface area contributed by atoms with Gasteiger partial charge in [-0.25, -0.2) is 4.79 Å². The van der Waals surface area contributed by atoms with Crippen LogP contribution >= 0.6 is 0 Å². The van der Waals surface area contributed by atoms with Gasteiger partial charge < -0.3 is 20.5 Å². The van der Waals surface area contributed by atoms with Crippen molar-refractivity contribution in [2.45, 2.75) is 31.5 Å². The molecule has 3 amide bonds. The van der Waals surface area contributed by atoms with Crippen LogP contribution in [0, 0.1) is 0 Å². The Labute approximate surface area is 191 Å². The highest BCUT2D eigenvalue weighted by atomic mass is 16.5. The summed E-state index contributed by atoms with van der Waals surface area (Å²) in [4.78, 5) is 50.5. The fourth-order valence-corrected chi connectivity index (χ4v) is 3.62. The first-order valence-corrected chi connectivity index (χ1v) is 10.6. The standard InChI is InChI=1S/C24H27N3O6/c1-15(24(32)33-2)26-21(29)20(12-16-8-4-3-5-9-16)25-13-17(28)14-27-22(30)18-10-6-7-11-19(18)23(27)31/h3-11,15,17,20,25,28H,12-14H2,1-2H3,(H,26,29)/t15-,17?,20-/m0/s1. The van der Waals surface area contributed by atoms with Crippen LogP contribution in [0.3, 0.4) is 0 Å². The number of methoxy groups -OCH3 is 1. The van der Waals surface area contributed by atoms with Crippen LogP contribution in [-0.2, 0) is 20.7 Å². The number of rotatable bonds is 10. The number of benzene rings is 2. The monoisotopic (exact) mass is 453 g/mol. The van der Waals surface area contributed by atoms with Crippen molar-refractivity contribution in [3.8, 4) is 0 Å². The van der Waals surface area contributed by atoms with Crippen LogP contribution < -0.4 is 10.6 Å². The first-order chi connectivity index (χ1) is 15.8. The zero-order valence-corrected chi connectivity index (χ0v) is 18.5. The summed E-state index contributed by atoms with van der Waals surface area (Å²) < 4.78 is 4.65. The molecule has 0 aromatic heterocycles. The molecule has 0 saturated heterocycles. The van der Waals surface area contributed by atoms with E-state index < -0.39 is 41.9 Å². The largest absolute Gasteiger partial charge is 0.467 e. The second-order valence-corrected chi connectivity index (χ2v) is 7.82. The summed E-state index contributed by atoms with van der Waals surface area (Å²) in [7, 11) is 1.24. The van der Waals surface area contributed by atoms with E-state index in [4.69, 9.17) is 0 Å². The van der Waals surface area contributed by atoms with Crippen molar-refractivity contribution < 1.29 is 29.0 Å². The number of fused-ring (bicyclic) bond motifs is 1. The number of hydrogen-bond acceptors (Lipinski definition) is 7. The van der Waals surface area contributed by atoms with Gasteiger partial charge in [0.25, 0.3) is 11.8 Å². The lowest BCUT2D eigenvalue weighted by Gasteiger charge is -2.24. The molecule has 1 aliphatic rings. The van der Waals surface area contributed by atoms with Crippen LogP contribution in [0.15, 0.2) is 54.6 Å². The van der Waals surface area contributed by atoms with Crippen molar-refractivity contribution in [3.63, 3.8) is 0 Å². The lowest BCUT2D eigenvalue weighted by Crippen LogP contribution is -2.52. The van der Waals surface area contributed by atoms with Gasteiger partial charge in [0, 0.05) is 6.54 Å². The Hall–Kier alpha value is -3.56. The van der Waals surface area contributed by atoms with Crippen LogP contribution in [0.2, 0.25) is 0 Å². The summed E-state index contributed by atoms with van der Waals surface area (Å²) in [6.45, 7) is 1.25. The third-order valence-electron chi connectivity index (χ3n) is 5.38. The highest BCUT2D eigenvalue weighted by Crippen LogP contribution is 2.22. The van der Waals surface area contributed by atoms with Gasteiger partial charge in [-0.3, -0.25) is 19.3 Å². The Morgan fingerprint density at radius 2 is 1.58 bits per heavy atom. The number of aliphatic hydroxyl groups excluding tert-OH is 1. The van der Waals surface area contributed by atoms with E-state index in [9.17, 15) is 24.3 Å². The third kappa shape index (κ3) is 5.82. The molecule has 0 fully saturated rings. The predicted molar refractivity (Wildman–Crippen MR) is 119 cm³/mol. The summed E-state index contributed by atoms with van der Waals surface area (Å²) in [6.07, 6.45) is -0.795. The predicted octanol–water partition coefficient (Wildman–Crippen LogP) is 0.522. The average molecular weight is 453 g/mol. The lowest BCUT2D eigenvalue weighted by molar-refractivity contribution is -0.144. The first-order valence-electron chi connectivity index (χ1n) is 10.6. The Balaban J connectivity index is 1.63. The van der Waals surface area contributed by atoms with Crippen molar-refractivity contribution in [3.05, 3.63) is 71.3 Å². The molecule has 0 spiro atoms. The topological polar surface area (TPSA) is 125 Å². The van der Waals surface area contributed by atoms with Crippen molar-refractivity contribution in [2.75, 3.05) is 20.2 Å². The van der Waals surface area contributed by atoms with E-state index in [0.717, 1.165) is 10.5 Å². The minimum atomic E-state index is -1.10. The van der Waals surface area contributed by atoms with Crippen LogP contribution in [0.4, 0.5) is 0 Å². The molecule has 3 atom stereocenters. The minimum Gasteiger partial charge on any atom is -0.467 e. The van der Waals surface area contributed by atoms with Crippen molar-refractivity contribution in [1.29, 1.82) is 0 Å². The molecule has 0 bridgehead atoms. The van der Waals surface area contributed by atoms with Crippen molar-refractivity contribution in [1.82, 2.24) is 15.5 Å². The van der Waals surface area contributed by atoms with E-state index >= 15 is 0 Å². The second kappa shape index (κ2) is 10.8. The maximum atomic E-state index is 12.8. The second-order valence-electron chi connectivity index (χ2n) is 7.82. The maximum Gasteiger partial charge on any atom is 0.328 e. The Bertz CT molecular complexity index is 991. The van der Waals surface area contributed by atoms with Gasteiger partial charge in [0.05, 0.1) is 36.9 Å². The molecule has 33 heavy (non-hydrogen) atoms. The van der Waals surface area contributed by atoms with Gasteiger partial charge in [-0.2, -0.15) is 0 Å². The minimum absolute atomic E-state index is 0.0507. The highest BCUT2D eigenvalue weighted by molar-refractivity contribution is 6.21. The number of ether oxygens (including phenoxy) is 1. The lowest BCUT2D eigenvalue weighted by atomic mass is 10.0. The van der Waals surface area contributed by atoms with Crippen LogP contribution in [0.5, 0.6) is 0 Å². The summed E-state index contributed by atoms with van der Waals surface area (Å²) in [5, 5.41) is 16.1. The first kappa shape index (κ1) is 24.1. The molecule has 2 aromatic carbocycles. The average Bonchev–Trinajstić information content (AvgIpc) is 3.06. The van der Waals surface area contributed by atoms with E-state index in [-0.39, 0.29) is 13.1 Å². The summed E-state index contributed by atoms with van der Waals surface area (Å²) in [6, 6.07) is 14.2. The molecule has 174 valence electrons. The van der Waals surface area contributed by atoms with Gasteiger partial charge in [0.1, 0.15) is 6.04 Å². The number of carbonyl (C=O) groups excluding carboxylic acids is 4. The third-order valence-corrected chi connectivity index (χ3v) is 5.38. The fourth-order valence-electron chi connectivity index (χ4n) is 3.62. The number of hydrogen-bond donors (Lipinski definition) is 3. The van der Waals surface area contributed by atoms with Crippen LogP contribution in [-0.4, -0.2) is 72.1 Å². The maximum absolute atomic E-state index is 12.8. The molecule has 3 N–H and O–H groups in total. The van der Waals surface area contributed by atoms with Crippen LogP contribution in [0.25, 0.3) is 0 Å². The zero-order valence-electron chi connectivity index (χ0n) is 18.5. The molecule has 1 heterocycles. The number of β-amino-alcohol motifs (C(OH)–C–C–N with tert-alkyl or cyclic N) is 1. The van der Waals surface area contributed by atoms with Gasteiger partial charge >= 0.3 is 5.97 Å². The molecular weight excluding hydrogens is 426 g/mol. The molecule has 0 aliphatic carbocycles. The van der Waals surface area contributed by atoms with Crippen LogP contribution in [0.1, 0.15) is 33.2 Å². The van der Waals surface area contributed by atoms with E-state index in [1.54, 1.807) is 24.3 Å². The summed E-state index contributed by atoms with van der Waals surface area (Å²) >= 11 is 0. The number of esters is 1. The molecule has 2 aromatic rings. The molecule has 0 saturated carbocycles. The van der Waals surface area contributed by atoms with Gasteiger partial charge in [-0.15, -0.1) is 0 Å². The van der Waals surface area contributed by atoms with E-state index in [1.807, 2.05) is 30.3 Å². The summed E-state index contributed by atoms with van der Waals surface area (Å²) in [5.41, 5.74) is 1.49. The highest BCUT2D eigenvalue weighted by Gasteiger charge is 2.36. The Morgan fingerprint density at radius 1 is 1.00 bits per heavy atom. The molecule has 0 radical (unpaired) electrons. The molecule has 9 heteroatoms. The number of amides is 3. The molecule has 1 aliphatic heterocycles. The number of carbonyl (C=O) groups is 4. The molecule has 1 unspecified atom stereocenters. The van der Waals surface area contributed by atoms with Gasteiger partial charge in [0.15, 0.2) is 0 Å². The van der Waals surface area contributed by atoms with E-state index in [0.29, 0.717) is 17.5 Å². The number of nitrogens with zero attached hydrogens (tertiary/aromatic N) is 1. The normalized spacial score (nSPS) is 15.5. The van der Waals surface area contributed by atoms with Crippen molar-refractivity contribution >= 4 is 23.7 Å². The fraction of sp³-hybridized carbons (Fsp3) is 0.333.